The zero-order chi connectivity index (χ0) is 16.9. The van der Waals surface area contributed by atoms with Crippen LogP contribution in [0.2, 0.25) is 0 Å². The van der Waals surface area contributed by atoms with Crippen LogP contribution in [-0.4, -0.2) is 23.3 Å². The van der Waals surface area contributed by atoms with Gasteiger partial charge in [-0.25, -0.2) is 4.98 Å². The first-order valence-electron chi connectivity index (χ1n) is 8.31. The van der Waals surface area contributed by atoms with Crippen molar-refractivity contribution >= 4 is 11.0 Å². The molecule has 3 rings (SSSR count). The predicted octanol–water partition coefficient (Wildman–Crippen LogP) is 4.27. The summed E-state index contributed by atoms with van der Waals surface area (Å²) in [5.41, 5.74) is 4.62. The number of fused-ring (bicyclic) bond motifs is 1. The molecule has 0 saturated carbocycles. The van der Waals surface area contributed by atoms with Crippen LogP contribution in [0.5, 0.6) is 5.75 Å². The van der Waals surface area contributed by atoms with Crippen LogP contribution in [-0.2, 0) is 17.9 Å². The molecule has 2 aromatic carbocycles. The number of hydrogen-bond donors (Lipinski definition) is 0. The van der Waals surface area contributed by atoms with Crippen molar-refractivity contribution in [1.82, 2.24) is 9.55 Å². The molecule has 4 nitrogen and oxygen atoms in total. The van der Waals surface area contributed by atoms with Crippen LogP contribution in [0.15, 0.2) is 42.5 Å². The number of nitrogens with zero attached hydrogens (tertiary/aromatic N) is 2. The fourth-order valence-electron chi connectivity index (χ4n) is 3.04. The molecule has 0 unspecified atom stereocenters. The van der Waals surface area contributed by atoms with E-state index in [9.17, 15) is 0 Å². The van der Waals surface area contributed by atoms with E-state index in [-0.39, 0.29) is 0 Å². The Hall–Kier alpha value is -2.33. The second-order valence-electron chi connectivity index (χ2n) is 6.13. The van der Waals surface area contributed by atoms with Crippen molar-refractivity contribution in [2.45, 2.75) is 33.4 Å². The van der Waals surface area contributed by atoms with E-state index in [0.29, 0.717) is 13.2 Å². The van der Waals surface area contributed by atoms with E-state index in [4.69, 9.17) is 9.47 Å². The van der Waals surface area contributed by atoms with Crippen LogP contribution in [0.1, 0.15) is 23.4 Å². The molecule has 0 radical (unpaired) electrons. The largest absolute Gasteiger partial charge is 0.494 e. The minimum Gasteiger partial charge on any atom is -0.494 e. The Morgan fingerprint density at radius 3 is 2.54 bits per heavy atom. The molecule has 4 heteroatoms. The molecule has 0 N–H and O–H groups in total. The van der Waals surface area contributed by atoms with Crippen LogP contribution in [0.3, 0.4) is 0 Å². The lowest BCUT2D eigenvalue weighted by atomic mass is 10.1. The Morgan fingerprint density at radius 2 is 1.79 bits per heavy atom. The number of methoxy groups -OCH3 is 1. The van der Waals surface area contributed by atoms with Gasteiger partial charge >= 0.3 is 0 Å². The van der Waals surface area contributed by atoms with Crippen molar-refractivity contribution in [3.8, 4) is 5.75 Å². The highest BCUT2D eigenvalue weighted by molar-refractivity contribution is 5.75. The van der Waals surface area contributed by atoms with Gasteiger partial charge in [0.15, 0.2) is 0 Å². The molecular formula is C20H24N2O2. The highest BCUT2D eigenvalue weighted by Gasteiger charge is 2.09. The first-order chi connectivity index (χ1) is 11.7. The molecular weight excluding hydrogens is 300 g/mol. The Kier molecular flexibility index (Phi) is 5.16. The van der Waals surface area contributed by atoms with Crippen molar-refractivity contribution in [1.29, 1.82) is 0 Å². The van der Waals surface area contributed by atoms with Gasteiger partial charge in [0.25, 0.3) is 0 Å². The second-order valence-corrected chi connectivity index (χ2v) is 6.13. The highest BCUT2D eigenvalue weighted by Crippen LogP contribution is 2.19. The molecule has 1 aromatic heterocycles. The summed E-state index contributed by atoms with van der Waals surface area (Å²) in [6.07, 6.45) is 0.921. The average molecular weight is 324 g/mol. The fraction of sp³-hybridized carbons (Fsp3) is 0.350. The third kappa shape index (κ3) is 3.77. The zero-order valence-electron chi connectivity index (χ0n) is 14.6. The molecule has 3 aromatic rings. The molecule has 0 aliphatic rings. The van der Waals surface area contributed by atoms with E-state index in [0.717, 1.165) is 35.6 Å². The van der Waals surface area contributed by atoms with Gasteiger partial charge in [0.2, 0.25) is 0 Å². The van der Waals surface area contributed by atoms with E-state index in [2.05, 4.69) is 47.7 Å². The van der Waals surface area contributed by atoms with Crippen molar-refractivity contribution < 1.29 is 9.47 Å². The molecule has 0 aliphatic carbocycles. The number of benzene rings is 2. The molecule has 126 valence electrons. The molecule has 1 heterocycles. The first-order valence-corrected chi connectivity index (χ1v) is 8.31. The summed E-state index contributed by atoms with van der Waals surface area (Å²) in [6.45, 7) is 6.25. The maximum Gasteiger partial charge on any atom is 0.135 e. The summed E-state index contributed by atoms with van der Waals surface area (Å²) >= 11 is 0. The third-order valence-corrected chi connectivity index (χ3v) is 4.00. The lowest BCUT2D eigenvalue weighted by Crippen LogP contribution is -2.08. The van der Waals surface area contributed by atoms with Gasteiger partial charge in [0.05, 0.1) is 17.6 Å². The van der Waals surface area contributed by atoms with Gasteiger partial charge in [-0.3, -0.25) is 0 Å². The minimum atomic E-state index is 0.520. The van der Waals surface area contributed by atoms with E-state index < -0.39 is 0 Å². The van der Waals surface area contributed by atoms with Crippen LogP contribution in [0.25, 0.3) is 11.0 Å². The molecule has 0 aliphatic heterocycles. The number of hydrogen-bond acceptors (Lipinski definition) is 3. The van der Waals surface area contributed by atoms with Crippen molar-refractivity contribution in [3.63, 3.8) is 0 Å². The Morgan fingerprint density at radius 1 is 1.04 bits per heavy atom. The fourth-order valence-corrected chi connectivity index (χ4v) is 3.04. The van der Waals surface area contributed by atoms with E-state index in [1.165, 1.54) is 11.1 Å². The van der Waals surface area contributed by atoms with Crippen LogP contribution in [0, 0.1) is 13.8 Å². The highest BCUT2D eigenvalue weighted by atomic mass is 16.5. The SMILES string of the molecule is COCc1nc2ccccc2n1CCCOc1cc(C)cc(C)c1. The van der Waals surface area contributed by atoms with Gasteiger partial charge in [0, 0.05) is 13.7 Å². The molecule has 0 amide bonds. The van der Waals surface area contributed by atoms with Crippen molar-refractivity contribution in [2.24, 2.45) is 0 Å². The summed E-state index contributed by atoms with van der Waals surface area (Å²) < 4.78 is 13.4. The van der Waals surface area contributed by atoms with Crippen LogP contribution >= 0.6 is 0 Å². The van der Waals surface area contributed by atoms with E-state index in [1.807, 2.05) is 18.2 Å². The smallest absolute Gasteiger partial charge is 0.135 e. The quantitative estimate of drug-likeness (QED) is 0.609. The number of rotatable bonds is 7. The monoisotopic (exact) mass is 324 g/mol. The molecule has 24 heavy (non-hydrogen) atoms. The normalized spacial score (nSPS) is 11.1. The number of aromatic nitrogens is 2. The topological polar surface area (TPSA) is 36.3 Å². The maximum atomic E-state index is 5.91. The Balaban J connectivity index is 1.66. The van der Waals surface area contributed by atoms with Crippen molar-refractivity contribution in [3.05, 3.63) is 59.4 Å². The van der Waals surface area contributed by atoms with Gasteiger partial charge in [-0.2, -0.15) is 0 Å². The van der Waals surface area contributed by atoms with E-state index >= 15 is 0 Å². The second kappa shape index (κ2) is 7.49. The molecule has 0 saturated heterocycles. The van der Waals surface area contributed by atoms with Gasteiger partial charge in [-0.15, -0.1) is 0 Å². The summed E-state index contributed by atoms with van der Waals surface area (Å²) in [4.78, 5) is 4.66. The standard InChI is InChI=1S/C20H24N2O2/c1-15-11-16(2)13-17(12-15)24-10-6-9-22-19-8-5-4-7-18(19)21-20(22)14-23-3/h4-5,7-8,11-13H,6,9-10,14H2,1-3H3. The van der Waals surface area contributed by atoms with Crippen LogP contribution < -0.4 is 4.74 Å². The summed E-state index contributed by atoms with van der Waals surface area (Å²) in [6, 6.07) is 14.5. The van der Waals surface area contributed by atoms with Gasteiger partial charge in [-0.05, 0) is 55.7 Å². The number of imidazole rings is 1. The Bertz CT molecular complexity index is 803. The van der Waals surface area contributed by atoms with Gasteiger partial charge in [0.1, 0.15) is 18.2 Å². The lowest BCUT2D eigenvalue weighted by molar-refractivity contribution is 0.174. The summed E-state index contributed by atoms with van der Waals surface area (Å²) in [5.74, 6) is 1.91. The van der Waals surface area contributed by atoms with Crippen molar-refractivity contribution in [2.75, 3.05) is 13.7 Å². The molecule has 0 fully saturated rings. The summed E-state index contributed by atoms with van der Waals surface area (Å²) in [7, 11) is 1.70. The molecule has 0 bridgehead atoms. The molecule has 0 atom stereocenters. The van der Waals surface area contributed by atoms with Gasteiger partial charge < -0.3 is 14.0 Å². The number of ether oxygens (including phenoxy) is 2. The lowest BCUT2D eigenvalue weighted by Gasteiger charge is -2.11. The predicted molar refractivity (Wildman–Crippen MR) is 96.5 cm³/mol. The maximum absolute atomic E-state index is 5.91. The molecule has 0 spiro atoms. The zero-order valence-corrected chi connectivity index (χ0v) is 14.6. The number of aryl methyl sites for hydroxylation is 3. The van der Waals surface area contributed by atoms with Crippen LogP contribution in [0.4, 0.5) is 0 Å². The van der Waals surface area contributed by atoms with Gasteiger partial charge in [-0.1, -0.05) is 18.2 Å². The first kappa shape index (κ1) is 16.5. The summed E-state index contributed by atoms with van der Waals surface area (Å²) in [5, 5.41) is 0. The third-order valence-electron chi connectivity index (χ3n) is 4.00. The Labute approximate surface area is 143 Å². The minimum absolute atomic E-state index is 0.520. The average Bonchev–Trinajstić information content (AvgIpc) is 2.89. The van der Waals surface area contributed by atoms with E-state index in [1.54, 1.807) is 7.11 Å². The number of para-hydroxylation sites is 2.